The van der Waals surface area contributed by atoms with Crippen LogP contribution in [0.5, 0.6) is 0 Å². The van der Waals surface area contributed by atoms with E-state index in [2.05, 4.69) is 6.58 Å². The number of aliphatic hydroxyl groups is 2. The molecule has 94 valence electrons. The van der Waals surface area contributed by atoms with Crippen LogP contribution in [0.4, 0.5) is 0 Å². The molecule has 0 spiro atoms. The number of hydrogen-bond donors (Lipinski definition) is 2. The van der Waals surface area contributed by atoms with Gasteiger partial charge in [-0.2, -0.15) is 0 Å². The standard InChI is InChI=1S/C13H25NO2/c1-2-7-14(8-9-15)11-13(16)10-12-5-3-4-6-12/h2,12-13,15-16H,1,3-11H2. The molecule has 0 saturated heterocycles. The maximum Gasteiger partial charge on any atom is 0.0669 e. The zero-order valence-corrected chi connectivity index (χ0v) is 10.1. The molecule has 3 heteroatoms. The smallest absolute Gasteiger partial charge is 0.0669 e. The van der Waals surface area contributed by atoms with Gasteiger partial charge in [0.15, 0.2) is 0 Å². The van der Waals surface area contributed by atoms with Gasteiger partial charge in [-0.1, -0.05) is 31.8 Å². The third-order valence-corrected chi connectivity index (χ3v) is 3.35. The van der Waals surface area contributed by atoms with Gasteiger partial charge in [0.1, 0.15) is 0 Å². The number of rotatable bonds is 8. The second kappa shape index (κ2) is 7.82. The Labute approximate surface area is 98.8 Å². The molecule has 3 nitrogen and oxygen atoms in total. The van der Waals surface area contributed by atoms with Crippen LogP contribution in [-0.4, -0.2) is 47.5 Å². The van der Waals surface area contributed by atoms with E-state index in [9.17, 15) is 5.11 Å². The summed E-state index contributed by atoms with van der Waals surface area (Å²) in [7, 11) is 0. The molecule has 0 heterocycles. The van der Waals surface area contributed by atoms with Gasteiger partial charge in [-0.3, -0.25) is 4.90 Å². The largest absolute Gasteiger partial charge is 0.395 e. The van der Waals surface area contributed by atoms with Crippen LogP contribution >= 0.6 is 0 Å². The topological polar surface area (TPSA) is 43.7 Å². The van der Waals surface area contributed by atoms with Crippen LogP contribution in [0, 0.1) is 5.92 Å². The quantitative estimate of drug-likeness (QED) is 0.616. The maximum absolute atomic E-state index is 9.98. The van der Waals surface area contributed by atoms with Gasteiger partial charge in [-0.05, 0) is 12.3 Å². The highest BCUT2D eigenvalue weighted by Crippen LogP contribution is 2.28. The van der Waals surface area contributed by atoms with Crippen molar-refractivity contribution in [2.75, 3.05) is 26.2 Å². The first-order chi connectivity index (χ1) is 7.76. The molecule has 1 unspecified atom stereocenters. The fourth-order valence-corrected chi connectivity index (χ4v) is 2.58. The summed E-state index contributed by atoms with van der Waals surface area (Å²) in [6, 6.07) is 0. The lowest BCUT2D eigenvalue weighted by Crippen LogP contribution is -2.35. The van der Waals surface area contributed by atoms with E-state index in [1.807, 2.05) is 11.0 Å². The van der Waals surface area contributed by atoms with E-state index in [1.165, 1.54) is 25.7 Å². The van der Waals surface area contributed by atoms with Crippen molar-refractivity contribution in [3.05, 3.63) is 12.7 Å². The summed E-state index contributed by atoms with van der Waals surface area (Å²) in [4.78, 5) is 2.05. The molecule has 1 rings (SSSR count). The van der Waals surface area contributed by atoms with Crippen molar-refractivity contribution in [3.8, 4) is 0 Å². The van der Waals surface area contributed by atoms with Crippen LogP contribution in [0.2, 0.25) is 0 Å². The van der Waals surface area contributed by atoms with Crippen LogP contribution < -0.4 is 0 Å². The molecular formula is C13H25NO2. The van der Waals surface area contributed by atoms with E-state index in [0.717, 1.165) is 18.9 Å². The second-order valence-corrected chi connectivity index (χ2v) is 4.81. The zero-order chi connectivity index (χ0) is 11.8. The summed E-state index contributed by atoms with van der Waals surface area (Å²) in [5, 5.41) is 18.9. The molecule has 0 aromatic carbocycles. The Balaban J connectivity index is 2.23. The van der Waals surface area contributed by atoms with Gasteiger partial charge < -0.3 is 10.2 Å². The van der Waals surface area contributed by atoms with Gasteiger partial charge in [0.2, 0.25) is 0 Å². The predicted molar refractivity (Wildman–Crippen MR) is 66.3 cm³/mol. The van der Waals surface area contributed by atoms with E-state index in [-0.39, 0.29) is 12.7 Å². The molecule has 0 aromatic heterocycles. The minimum absolute atomic E-state index is 0.143. The highest BCUT2D eigenvalue weighted by molar-refractivity contribution is 4.77. The molecule has 0 radical (unpaired) electrons. The van der Waals surface area contributed by atoms with Crippen molar-refractivity contribution in [3.63, 3.8) is 0 Å². The monoisotopic (exact) mass is 227 g/mol. The molecule has 0 aromatic rings. The Bertz CT molecular complexity index is 190. The first-order valence-electron chi connectivity index (χ1n) is 6.38. The summed E-state index contributed by atoms with van der Waals surface area (Å²) in [6.45, 7) is 5.84. The van der Waals surface area contributed by atoms with Crippen molar-refractivity contribution in [2.24, 2.45) is 5.92 Å². The van der Waals surface area contributed by atoms with Gasteiger partial charge in [0, 0.05) is 19.6 Å². The molecule has 1 aliphatic carbocycles. The van der Waals surface area contributed by atoms with Crippen molar-refractivity contribution in [2.45, 2.75) is 38.2 Å². The van der Waals surface area contributed by atoms with Crippen molar-refractivity contribution in [1.29, 1.82) is 0 Å². The Morgan fingerprint density at radius 3 is 2.62 bits per heavy atom. The van der Waals surface area contributed by atoms with Crippen molar-refractivity contribution < 1.29 is 10.2 Å². The summed E-state index contributed by atoms with van der Waals surface area (Å²) in [5.41, 5.74) is 0. The van der Waals surface area contributed by atoms with E-state index in [1.54, 1.807) is 0 Å². The maximum atomic E-state index is 9.98. The summed E-state index contributed by atoms with van der Waals surface area (Å²) in [5.74, 6) is 0.717. The van der Waals surface area contributed by atoms with Gasteiger partial charge >= 0.3 is 0 Å². The third-order valence-electron chi connectivity index (χ3n) is 3.35. The number of nitrogens with zero attached hydrogens (tertiary/aromatic N) is 1. The Morgan fingerprint density at radius 1 is 1.38 bits per heavy atom. The van der Waals surface area contributed by atoms with Crippen LogP contribution in [-0.2, 0) is 0 Å². The highest BCUT2D eigenvalue weighted by atomic mass is 16.3. The Kier molecular flexibility index (Phi) is 6.69. The summed E-state index contributed by atoms with van der Waals surface area (Å²) >= 11 is 0. The van der Waals surface area contributed by atoms with E-state index >= 15 is 0 Å². The number of aliphatic hydroxyl groups excluding tert-OH is 2. The highest BCUT2D eigenvalue weighted by Gasteiger charge is 2.20. The average molecular weight is 227 g/mol. The molecule has 16 heavy (non-hydrogen) atoms. The molecule has 1 fully saturated rings. The van der Waals surface area contributed by atoms with Crippen LogP contribution in [0.15, 0.2) is 12.7 Å². The van der Waals surface area contributed by atoms with Crippen LogP contribution in [0.3, 0.4) is 0 Å². The average Bonchev–Trinajstić information content (AvgIpc) is 2.71. The normalized spacial score (nSPS) is 19.2. The van der Waals surface area contributed by atoms with Crippen LogP contribution in [0.25, 0.3) is 0 Å². The van der Waals surface area contributed by atoms with Gasteiger partial charge in [-0.15, -0.1) is 6.58 Å². The molecule has 0 bridgehead atoms. The second-order valence-electron chi connectivity index (χ2n) is 4.81. The predicted octanol–water partition coefficient (Wildman–Crippen LogP) is 1.41. The lowest BCUT2D eigenvalue weighted by atomic mass is 10.00. The minimum Gasteiger partial charge on any atom is -0.395 e. The molecule has 0 amide bonds. The molecule has 1 atom stereocenters. The van der Waals surface area contributed by atoms with Gasteiger partial charge in [0.25, 0.3) is 0 Å². The fraction of sp³-hybridized carbons (Fsp3) is 0.846. The number of hydrogen-bond acceptors (Lipinski definition) is 3. The molecule has 1 aliphatic rings. The van der Waals surface area contributed by atoms with E-state index in [0.29, 0.717) is 13.1 Å². The van der Waals surface area contributed by atoms with Crippen molar-refractivity contribution >= 4 is 0 Å². The molecule has 2 N–H and O–H groups in total. The Hall–Kier alpha value is -0.380. The lowest BCUT2D eigenvalue weighted by molar-refractivity contribution is 0.0874. The minimum atomic E-state index is -0.255. The van der Waals surface area contributed by atoms with Crippen LogP contribution in [0.1, 0.15) is 32.1 Å². The summed E-state index contributed by atoms with van der Waals surface area (Å²) < 4.78 is 0. The first kappa shape index (κ1) is 13.7. The summed E-state index contributed by atoms with van der Waals surface area (Å²) in [6.07, 6.45) is 7.68. The Morgan fingerprint density at radius 2 is 2.06 bits per heavy atom. The van der Waals surface area contributed by atoms with Crippen molar-refractivity contribution in [1.82, 2.24) is 4.90 Å². The third kappa shape index (κ3) is 5.10. The van der Waals surface area contributed by atoms with Gasteiger partial charge in [0.05, 0.1) is 12.7 Å². The molecule has 0 aliphatic heterocycles. The molecule has 1 saturated carbocycles. The molecular weight excluding hydrogens is 202 g/mol. The SMILES string of the molecule is C=CCN(CCO)CC(O)CC1CCCC1. The van der Waals surface area contributed by atoms with Gasteiger partial charge in [-0.25, -0.2) is 0 Å². The fourth-order valence-electron chi connectivity index (χ4n) is 2.58. The first-order valence-corrected chi connectivity index (χ1v) is 6.38. The zero-order valence-electron chi connectivity index (χ0n) is 10.1. The van der Waals surface area contributed by atoms with E-state index < -0.39 is 0 Å². The van der Waals surface area contributed by atoms with E-state index in [4.69, 9.17) is 5.11 Å². The lowest BCUT2D eigenvalue weighted by Gasteiger charge is -2.24.